The van der Waals surface area contributed by atoms with Crippen LogP contribution in [0.3, 0.4) is 0 Å². The standard InChI is InChI=1S/C33H29BrClIN2O5S/c1-5-41-32(40)28-19(4)37-33-38(29(28)23-11-7-9-13-26(23)43-18(2)3)31(39)27(44-33)15-21-14-22(34)16-25(36)30(21)42-17-20-10-6-8-12-24(20)35/h6-16,18,29H,5,17H2,1-4H3/b27-15-/t29-/m1/s1. The van der Waals surface area contributed by atoms with Crippen LogP contribution < -0.4 is 24.4 Å². The molecule has 1 aliphatic rings. The van der Waals surface area contributed by atoms with Gasteiger partial charge in [-0.1, -0.05) is 75.3 Å². The molecule has 3 aromatic carbocycles. The van der Waals surface area contributed by atoms with E-state index >= 15 is 0 Å². The van der Waals surface area contributed by atoms with Crippen molar-refractivity contribution in [2.75, 3.05) is 6.61 Å². The third kappa shape index (κ3) is 6.83. The molecule has 0 radical (unpaired) electrons. The second kappa shape index (κ2) is 14.0. The van der Waals surface area contributed by atoms with Gasteiger partial charge < -0.3 is 14.2 Å². The Morgan fingerprint density at radius 2 is 1.91 bits per heavy atom. The Labute approximate surface area is 286 Å². The highest BCUT2D eigenvalue weighted by Gasteiger charge is 2.35. The van der Waals surface area contributed by atoms with Gasteiger partial charge in [-0.3, -0.25) is 9.36 Å². The van der Waals surface area contributed by atoms with Crippen LogP contribution in [0, 0.1) is 3.57 Å². The molecule has 11 heteroatoms. The first-order valence-electron chi connectivity index (χ1n) is 13.9. The number of ether oxygens (including phenoxy) is 3. The normalized spacial score (nSPS) is 14.8. The fraction of sp³-hybridized carbons (Fsp3) is 0.242. The predicted octanol–water partition coefficient (Wildman–Crippen LogP) is 7.19. The average Bonchev–Trinajstić information content (AvgIpc) is 3.26. The lowest BCUT2D eigenvalue weighted by molar-refractivity contribution is -0.139. The quantitative estimate of drug-likeness (QED) is 0.132. The largest absolute Gasteiger partial charge is 0.491 e. The first kappa shape index (κ1) is 32.5. The minimum Gasteiger partial charge on any atom is -0.491 e. The number of carbonyl (C=O) groups is 1. The molecule has 0 N–H and O–H groups in total. The zero-order valence-electron chi connectivity index (χ0n) is 24.4. The Hall–Kier alpha value is -2.93. The van der Waals surface area contributed by atoms with E-state index in [1.165, 1.54) is 11.3 Å². The number of thiazole rings is 1. The third-order valence-electron chi connectivity index (χ3n) is 6.75. The van der Waals surface area contributed by atoms with E-state index in [0.29, 0.717) is 48.3 Å². The van der Waals surface area contributed by atoms with Crippen molar-refractivity contribution in [3.05, 3.63) is 121 Å². The lowest BCUT2D eigenvalue weighted by atomic mass is 9.95. The summed E-state index contributed by atoms with van der Waals surface area (Å²) < 4.78 is 21.6. The van der Waals surface area contributed by atoms with E-state index in [-0.39, 0.29) is 24.9 Å². The minimum absolute atomic E-state index is 0.119. The topological polar surface area (TPSA) is 79.1 Å². The molecule has 1 aliphatic heterocycles. The van der Waals surface area contributed by atoms with Gasteiger partial charge in [0, 0.05) is 26.2 Å². The van der Waals surface area contributed by atoms with Crippen LogP contribution in [-0.2, 0) is 16.1 Å². The average molecular weight is 808 g/mol. The molecule has 0 amide bonds. The number of halogens is 3. The van der Waals surface area contributed by atoms with Crippen molar-refractivity contribution in [3.8, 4) is 11.5 Å². The van der Waals surface area contributed by atoms with Crippen molar-refractivity contribution < 1.29 is 19.0 Å². The molecule has 0 spiro atoms. The van der Waals surface area contributed by atoms with Crippen LogP contribution in [0.4, 0.5) is 0 Å². The molecule has 44 heavy (non-hydrogen) atoms. The van der Waals surface area contributed by atoms with Crippen LogP contribution in [0.1, 0.15) is 50.4 Å². The molecule has 0 fully saturated rings. The van der Waals surface area contributed by atoms with Gasteiger partial charge in [-0.15, -0.1) is 0 Å². The van der Waals surface area contributed by atoms with E-state index in [1.54, 1.807) is 24.5 Å². The number of hydrogen-bond donors (Lipinski definition) is 0. The van der Waals surface area contributed by atoms with Crippen LogP contribution in [-0.4, -0.2) is 23.2 Å². The first-order chi connectivity index (χ1) is 21.1. The number of rotatable bonds is 9. The molecule has 0 saturated heterocycles. The number of carbonyl (C=O) groups excluding carboxylic acids is 1. The van der Waals surface area contributed by atoms with Gasteiger partial charge in [0.1, 0.15) is 24.1 Å². The summed E-state index contributed by atoms with van der Waals surface area (Å²) in [5.41, 5.74) is 2.73. The lowest BCUT2D eigenvalue weighted by Gasteiger charge is -2.26. The summed E-state index contributed by atoms with van der Waals surface area (Å²) in [7, 11) is 0. The lowest BCUT2D eigenvalue weighted by Crippen LogP contribution is -2.40. The molecule has 0 aliphatic carbocycles. The van der Waals surface area contributed by atoms with Crippen LogP contribution in [0.25, 0.3) is 6.08 Å². The van der Waals surface area contributed by atoms with Gasteiger partial charge in [0.2, 0.25) is 0 Å². The minimum atomic E-state index is -0.791. The number of esters is 1. The highest BCUT2D eigenvalue weighted by molar-refractivity contribution is 14.1. The Bertz CT molecular complexity index is 1950. The number of fused-ring (bicyclic) bond motifs is 1. The van der Waals surface area contributed by atoms with Gasteiger partial charge in [-0.2, -0.15) is 0 Å². The fourth-order valence-corrected chi connectivity index (χ4v) is 7.83. The van der Waals surface area contributed by atoms with Gasteiger partial charge in [0.25, 0.3) is 5.56 Å². The number of nitrogens with zero attached hydrogens (tertiary/aromatic N) is 2. The summed E-state index contributed by atoms with van der Waals surface area (Å²) >= 11 is 13.4. The Kier molecular flexibility index (Phi) is 10.3. The van der Waals surface area contributed by atoms with Crippen LogP contribution in [0.15, 0.2) is 86.2 Å². The second-order valence-electron chi connectivity index (χ2n) is 10.2. The van der Waals surface area contributed by atoms with Gasteiger partial charge in [0.15, 0.2) is 4.80 Å². The molecule has 0 bridgehead atoms. The van der Waals surface area contributed by atoms with E-state index in [1.807, 2.05) is 74.5 Å². The van der Waals surface area contributed by atoms with E-state index in [9.17, 15) is 9.59 Å². The number of para-hydroxylation sites is 1. The third-order valence-corrected chi connectivity index (χ3v) is 9.36. The fourth-order valence-electron chi connectivity index (χ4n) is 4.90. The van der Waals surface area contributed by atoms with E-state index in [0.717, 1.165) is 13.6 Å². The van der Waals surface area contributed by atoms with Crippen molar-refractivity contribution in [3.63, 3.8) is 0 Å². The van der Waals surface area contributed by atoms with Gasteiger partial charge in [0.05, 0.1) is 32.1 Å². The first-order valence-corrected chi connectivity index (χ1v) is 17.0. The van der Waals surface area contributed by atoms with Gasteiger partial charge >= 0.3 is 5.97 Å². The second-order valence-corrected chi connectivity index (χ2v) is 13.7. The number of aromatic nitrogens is 1. The van der Waals surface area contributed by atoms with Crippen molar-refractivity contribution >= 4 is 73.5 Å². The maximum absolute atomic E-state index is 14.3. The summed E-state index contributed by atoms with van der Waals surface area (Å²) in [4.78, 5) is 32.8. The SMILES string of the molecule is CCOC(=O)C1=C(C)N=c2s/c(=C\c3cc(Br)cc(I)c3OCc3ccccc3Cl)c(=O)n2[C@@H]1c1ccccc1OC(C)C. The summed E-state index contributed by atoms with van der Waals surface area (Å²) in [6, 6.07) is 18.0. The van der Waals surface area contributed by atoms with Crippen molar-refractivity contribution in [1.29, 1.82) is 0 Å². The van der Waals surface area contributed by atoms with E-state index in [4.69, 9.17) is 30.8 Å². The molecule has 4 aromatic rings. The van der Waals surface area contributed by atoms with Crippen molar-refractivity contribution in [2.45, 2.75) is 46.4 Å². The van der Waals surface area contributed by atoms with Crippen molar-refractivity contribution in [1.82, 2.24) is 4.57 Å². The molecule has 1 aromatic heterocycles. The summed E-state index contributed by atoms with van der Waals surface area (Å²) in [6.07, 6.45) is 1.68. The van der Waals surface area contributed by atoms with Crippen LogP contribution in [0.2, 0.25) is 5.02 Å². The summed E-state index contributed by atoms with van der Waals surface area (Å²) in [5.74, 6) is 0.676. The predicted molar refractivity (Wildman–Crippen MR) is 185 cm³/mol. The summed E-state index contributed by atoms with van der Waals surface area (Å²) in [6.45, 7) is 7.82. The molecular formula is C33H29BrClIN2O5S. The highest BCUT2D eigenvalue weighted by atomic mass is 127. The Morgan fingerprint density at radius 1 is 1.18 bits per heavy atom. The zero-order valence-corrected chi connectivity index (χ0v) is 29.7. The Morgan fingerprint density at radius 3 is 2.64 bits per heavy atom. The smallest absolute Gasteiger partial charge is 0.338 e. The van der Waals surface area contributed by atoms with E-state index in [2.05, 4.69) is 38.5 Å². The van der Waals surface area contributed by atoms with Crippen LogP contribution in [0.5, 0.6) is 11.5 Å². The monoisotopic (exact) mass is 806 g/mol. The zero-order chi connectivity index (χ0) is 31.5. The summed E-state index contributed by atoms with van der Waals surface area (Å²) in [5, 5.41) is 0.615. The van der Waals surface area contributed by atoms with Gasteiger partial charge in [-0.25, -0.2) is 9.79 Å². The molecule has 7 nitrogen and oxygen atoms in total. The molecule has 0 saturated carbocycles. The molecule has 228 valence electrons. The molecule has 0 unspecified atom stereocenters. The number of benzene rings is 3. The van der Waals surface area contributed by atoms with Crippen LogP contribution >= 0.6 is 61.5 Å². The van der Waals surface area contributed by atoms with Gasteiger partial charge in [-0.05, 0) is 80.6 Å². The molecule has 1 atom stereocenters. The maximum atomic E-state index is 14.3. The Balaban J connectivity index is 1.68. The highest BCUT2D eigenvalue weighted by Crippen LogP contribution is 2.36. The molecular weight excluding hydrogens is 779 g/mol. The number of allylic oxidation sites excluding steroid dienone is 1. The van der Waals surface area contributed by atoms with Crippen molar-refractivity contribution in [2.24, 2.45) is 4.99 Å². The maximum Gasteiger partial charge on any atom is 0.338 e. The molecule has 2 heterocycles. The van der Waals surface area contributed by atoms with E-state index < -0.39 is 12.0 Å². The molecule has 5 rings (SSSR count). The number of hydrogen-bond acceptors (Lipinski definition) is 7.